The van der Waals surface area contributed by atoms with E-state index in [0.29, 0.717) is 4.79 Å². The smallest absolute Gasteiger partial charge is 0.271 e. The fourth-order valence-electron chi connectivity index (χ4n) is 1.13. The summed E-state index contributed by atoms with van der Waals surface area (Å²) < 4.78 is 0. The SMILES string of the molecule is O=[N+]([O-])c1ccc2nnn([N+](=O)[O-])c2c1. The molecule has 1 heterocycles. The second-order valence-electron chi connectivity index (χ2n) is 2.65. The highest BCUT2D eigenvalue weighted by molar-refractivity contribution is 5.76. The van der Waals surface area contributed by atoms with E-state index in [4.69, 9.17) is 0 Å². The first-order valence-corrected chi connectivity index (χ1v) is 3.74. The zero-order valence-electron chi connectivity index (χ0n) is 7.10. The molecule has 0 aliphatic heterocycles. The number of non-ortho nitro benzene ring substituents is 1. The minimum Gasteiger partial charge on any atom is -0.339 e. The zero-order valence-corrected chi connectivity index (χ0v) is 7.10. The van der Waals surface area contributed by atoms with Crippen molar-refractivity contribution in [2.75, 3.05) is 0 Å². The molecule has 0 spiro atoms. The first kappa shape index (κ1) is 8.99. The molecule has 15 heavy (non-hydrogen) atoms. The van der Waals surface area contributed by atoms with Crippen LogP contribution in [0.4, 0.5) is 5.69 Å². The molecular formula is C6H3N5O4. The van der Waals surface area contributed by atoms with Gasteiger partial charge in [0.15, 0.2) is 10.7 Å². The second-order valence-corrected chi connectivity index (χ2v) is 2.65. The monoisotopic (exact) mass is 209 g/mol. The van der Waals surface area contributed by atoms with Gasteiger partial charge in [0, 0.05) is 6.07 Å². The molecule has 0 saturated carbocycles. The van der Waals surface area contributed by atoms with Gasteiger partial charge in [-0.05, 0) is 11.2 Å². The fourth-order valence-corrected chi connectivity index (χ4v) is 1.13. The fraction of sp³-hybridized carbons (Fsp3) is 0. The van der Waals surface area contributed by atoms with Gasteiger partial charge in [-0.1, -0.05) is 0 Å². The van der Waals surface area contributed by atoms with Crippen molar-refractivity contribution >= 4 is 16.7 Å². The quantitative estimate of drug-likeness (QED) is 0.521. The molecule has 1 aromatic heterocycles. The maximum atomic E-state index is 10.5. The van der Waals surface area contributed by atoms with Gasteiger partial charge in [-0.3, -0.25) is 10.1 Å². The van der Waals surface area contributed by atoms with Crippen molar-refractivity contribution in [3.63, 3.8) is 0 Å². The molecule has 0 N–H and O–H groups in total. The molecule has 0 aliphatic rings. The molecule has 0 bridgehead atoms. The Labute approximate surface area is 81.2 Å². The number of rotatable bonds is 2. The van der Waals surface area contributed by atoms with Crippen LogP contribution in [-0.4, -0.2) is 25.1 Å². The van der Waals surface area contributed by atoms with Crippen LogP contribution in [0.15, 0.2) is 18.2 Å². The van der Waals surface area contributed by atoms with Gasteiger partial charge in [0.2, 0.25) is 0 Å². The molecule has 0 radical (unpaired) electrons. The van der Waals surface area contributed by atoms with Gasteiger partial charge < -0.3 is 10.1 Å². The molecule has 0 saturated heterocycles. The van der Waals surface area contributed by atoms with Crippen LogP contribution in [-0.2, 0) is 0 Å². The molecule has 2 aromatic rings. The third kappa shape index (κ3) is 1.35. The van der Waals surface area contributed by atoms with Crippen LogP contribution in [0.25, 0.3) is 11.0 Å². The number of aromatic nitrogens is 3. The van der Waals surface area contributed by atoms with Gasteiger partial charge in [-0.2, -0.15) is 0 Å². The van der Waals surface area contributed by atoms with Crippen molar-refractivity contribution in [1.29, 1.82) is 0 Å². The van der Waals surface area contributed by atoms with Crippen molar-refractivity contribution in [3.05, 3.63) is 38.4 Å². The van der Waals surface area contributed by atoms with E-state index in [9.17, 15) is 20.2 Å². The largest absolute Gasteiger partial charge is 0.339 e. The van der Waals surface area contributed by atoms with Crippen molar-refractivity contribution in [3.8, 4) is 0 Å². The Hall–Kier alpha value is -2.58. The molecule has 76 valence electrons. The number of fused-ring (bicyclic) bond motifs is 1. The van der Waals surface area contributed by atoms with Crippen LogP contribution in [0.5, 0.6) is 0 Å². The first-order valence-electron chi connectivity index (χ1n) is 3.74. The lowest BCUT2D eigenvalue weighted by molar-refractivity contribution is -0.549. The van der Waals surface area contributed by atoms with E-state index in [1.165, 1.54) is 12.1 Å². The summed E-state index contributed by atoms with van der Waals surface area (Å²) >= 11 is 0. The normalized spacial score (nSPS) is 10.4. The molecule has 9 heteroatoms. The van der Waals surface area contributed by atoms with Gasteiger partial charge in [-0.25, -0.2) is 0 Å². The number of nitro groups is 2. The summed E-state index contributed by atoms with van der Waals surface area (Å²) in [6.45, 7) is 0. The van der Waals surface area contributed by atoms with Gasteiger partial charge >= 0.3 is 0 Å². The summed E-state index contributed by atoms with van der Waals surface area (Å²) in [4.78, 5) is 20.6. The molecule has 0 unspecified atom stereocenters. The van der Waals surface area contributed by atoms with Gasteiger partial charge in [0.25, 0.3) is 5.69 Å². The Morgan fingerprint density at radius 1 is 1.27 bits per heavy atom. The maximum Gasteiger partial charge on any atom is 0.271 e. The summed E-state index contributed by atoms with van der Waals surface area (Å²) in [7, 11) is 0. The van der Waals surface area contributed by atoms with Crippen LogP contribution in [0.3, 0.4) is 0 Å². The Kier molecular flexibility index (Phi) is 1.78. The highest BCUT2D eigenvalue weighted by atomic mass is 16.7. The van der Waals surface area contributed by atoms with Crippen LogP contribution < -0.4 is 0 Å². The van der Waals surface area contributed by atoms with Crippen LogP contribution in [0, 0.1) is 20.2 Å². The Balaban J connectivity index is 2.72. The second kappa shape index (κ2) is 2.97. The average molecular weight is 209 g/mol. The average Bonchev–Trinajstić information content (AvgIpc) is 2.59. The Bertz CT molecular complexity index is 562. The number of benzene rings is 1. The van der Waals surface area contributed by atoms with Crippen molar-refractivity contribution in [1.82, 2.24) is 15.1 Å². The number of nitro benzene ring substituents is 1. The number of hydrogen-bond donors (Lipinski definition) is 0. The number of nitrogens with zero attached hydrogens (tertiary/aromatic N) is 5. The molecular weight excluding hydrogens is 206 g/mol. The zero-order chi connectivity index (χ0) is 11.0. The Morgan fingerprint density at radius 3 is 2.60 bits per heavy atom. The Morgan fingerprint density at radius 2 is 2.00 bits per heavy atom. The van der Waals surface area contributed by atoms with E-state index in [2.05, 4.69) is 10.3 Å². The van der Waals surface area contributed by atoms with Crippen molar-refractivity contribution < 1.29 is 9.96 Å². The van der Waals surface area contributed by atoms with E-state index < -0.39 is 9.96 Å². The maximum absolute atomic E-state index is 10.5. The lowest BCUT2D eigenvalue weighted by Gasteiger charge is -1.92. The van der Waals surface area contributed by atoms with Crippen LogP contribution in [0.1, 0.15) is 0 Å². The highest BCUT2D eigenvalue weighted by Crippen LogP contribution is 2.18. The lowest BCUT2D eigenvalue weighted by Crippen LogP contribution is -2.10. The van der Waals surface area contributed by atoms with Crippen LogP contribution >= 0.6 is 0 Å². The summed E-state index contributed by atoms with van der Waals surface area (Å²) in [6, 6.07) is 3.57. The van der Waals surface area contributed by atoms with Crippen molar-refractivity contribution in [2.24, 2.45) is 0 Å². The van der Waals surface area contributed by atoms with E-state index in [0.717, 1.165) is 6.07 Å². The third-order valence-corrected chi connectivity index (χ3v) is 1.78. The van der Waals surface area contributed by atoms with E-state index >= 15 is 0 Å². The lowest BCUT2D eigenvalue weighted by atomic mass is 10.3. The molecule has 0 amide bonds. The summed E-state index contributed by atoms with van der Waals surface area (Å²) in [5, 5.41) is 26.8. The first-order chi connectivity index (χ1) is 7.09. The minimum atomic E-state index is -0.806. The molecule has 2 rings (SSSR count). The minimum absolute atomic E-state index is 0.00537. The predicted octanol–water partition coefficient (Wildman–Crippen LogP) is 0.379. The number of hydrogen-bond acceptors (Lipinski definition) is 6. The molecule has 9 nitrogen and oxygen atoms in total. The van der Waals surface area contributed by atoms with Gasteiger partial charge in [0.05, 0.1) is 20.8 Å². The van der Waals surface area contributed by atoms with Crippen LogP contribution in [0.2, 0.25) is 0 Å². The predicted molar refractivity (Wildman–Crippen MR) is 46.6 cm³/mol. The summed E-state index contributed by atoms with van der Waals surface area (Å²) in [6.07, 6.45) is 0. The van der Waals surface area contributed by atoms with Gasteiger partial charge in [-0.15, -0.1) is 0 Å². The molecule has 0 atom stereocenters. The van der Waals surface area contributed by atoms with E-state index in [-0.39, 0.29) is 16.7 Å². The summed E-state index contributed by atoms with van der Waals surface area (Å²) in [5.41, 5.74) is -0.0144. The summed E-state index contributed by atoms with van der Waals surface area (Å²) in [5.74, 6) is 0. The van der Waals surface area contributed by atoms with E-state index in [1.54, 1.807) is 0 Å². The third-order valence-electron chi connectivity index (χ3n) is 1.78. The molecule has 1 aromatic carbocycles. The molecule has 0 fully saturated rings. The van der Waals surface area contributed by atoms with Gasteiger partial charge in [0.1, 0.15) is 5.52 Å². The standard InChI is InChI=1S/C6H3N5O4/c12-10(13)4-1-2-5-6(3-4)9(8-7-5)11(14)15/h1-3H. The topological polar surface area (TPSA) is 117 Å². The van der Waals surface area contributed by atoms with Crippen molar-refractivity contribution in [2.45, 2.75) is 0 Å². The molecule has 0 aliphatic carbocycles. The highest BCUT2D eigenvalue weighted by Gasteiger charge is 2.17. The van der Waals surface area contributed by atoms with E-state index in [1.807, 2.05) is 0 Å².